The fourth-order valence-corrected chi connectivity index (χ4v) is 7.90. The monoisotopic (exact) mass is 352 g/mol. The molecular formula is C23H32N2O. The van der Waals surface area contributed by atoms with E-state index in [1.165, 1.54) is 24.8 Å². The van der Waals surface area contributed by atoms with Gasteiger partial charge in [-0.1, -0.05) is 44.2 Å². The Hall–Kier alpha value is -1.35. The number of piperidine rings is 1. The molecule has 1 heterocycles. The Bertz CT molecular complexity index is 727. The minimum Gasteiger partial charge on any atom is -0.353 e. The summed E-state index contributed by atoms with van der Waals surface area (Å²) in [6, 6.07) is 11.4. The molecule has 1 aromatic carbocycles. The molecule has 3 nitrogen and oxygen atoms in total. The molecule has 0 aromatic heterocycles. The lowest BCUT2D eigenvalue weighted by Crippen LogP contribution is -2.52. The van der Waals surface area contributed by atoms with Crippen molar-refractivity contribution in [3.05, 3.63) is 35.9 Å². The standard InChI is InChI=1S/C23H32N2O/c1-20-12-21(2)15-22(13-20,17-6-4-3-5-7-17)16-23(21,14-20)19(26)25-18-8-10-24-11-9-18/h3-7,18,24H,8-16H2,1-2H3,(H,25,26). The van der Waals surface area contributed by atoms with E-state index >= 15 is 0 Å². The average Bonchev–Trinajstić information content (AvgIpc) is 2.91. The molecule has 4 bridgehead atoms. The van der Waals surface area contributed by atoms with Gasteiger partial charge in [0.05, 0.1) is 5.41 Å². The predicted octanol–water partition coefficient (Wildman–Crippen LogP) is 3.78. The molecule has 1 saturated heterocycles. The van der Waals surface area contributed by atoms with Gasteiger partial charge in [-0.25, -0.2) is 0 Å². The van der Waals surface area contributed by atoms with Crippen LogP contribution in [-0.4, -0.2) is 25.0 Å². The smallest absolute Gasteiger partial charge is 0.227 e. The number of benzene rings is 1. The molecule has 4 aliphatic carbocycles. The number of hydrogen-bond acceptors (Lipinski definition) is 2. The van der Waals surface area contributed by atoms with E-state index in [1.807, 2.05) is 0 Å². The molecule has 26 heavy (non-hydrogen) atoms. The number of carbonyl (C=O) groups is 1. The summed E-state index contributed by atoms with van der Waals surface area (Å²) in [7, 11) is 0. The van der Waals surface area contributed by atoms with Crippen LogP contribution < -0.4 is 10.6 Å². The highest BCUT2D eigenvalue weighted by Crippen LogP contribution is 2.80. The van der Waals surface area contributed by atoms with Crippen molar-refractivity contribution in [3.63, 3.8) is 0 Å². The van der Waals surface area contributed by atoms with Crippen LogP contribution in [0.5, 0.6) is 0 Å². The van der Waals surface area contributed by atoms with Gasteiger partial charge in [-0.05, 0) is 79.8 Å². The zero-order valence-corrected chi connectivity index (χ0v) is 16.2. The van der Waals surface area contributed by atoms with Crippen LogP contribution >= 0.6 is 0 Å². The van der Waals surface area contributed by atoms with E-state index < -0.39 is 0 Å². The van der Waals surface area contributed by atoms with Crippen molar-refractivity contribution in [1.29, 1.82) is 0 Å². The van der Waals surface area contributed by atoms with E-state index in [1.54, 1.807) is 0 Å². The van der Waals surface area contributed by atoms with E-state index in [-0.39, 0.29) is 16.2 Å². The number of rotatable bonds is 3. The van der Waals surface area contributed by atoms with Gasteiger partial charge >= 0.3 is 0 Å². The van der Waals surface area contributed by atoms with E-state index in [4.69, 9.17) is 0 Å². The highest BCUT2D eigenvalue weighted by Gasteiger charge is 2.75. The maximum absolute atomic E-state index is 13.7. The number of carbonyl (C=O) groups excluding carboxylic acids is 1. The van der Waals surface area contributed by atoms with E-state index in [0.29, 0.717) is 17.4 Å². The summed E-state index contributed by atoms with van der Waals surface area (Å²) in [4.78, 5) is 13.7. The first-order chi connectivity index (χ1) is 12.4. The zero-order chi connectivity index (χ0) is 18.0. The lowest BCUT2D eigenvalue weighted by atomic mass is 9.57. The quantitative estimate of drug-likeness (QED) is 0.869. The molecular weight excluding hydrogens is 320 g/mol. The van der Waals surface area contributed by atoms with Crippen molar-refractivity contribution >= 4 is 5.91 Å². The second-order valence-electron chi connectivity index (χ2n) is 10.5. The van der Waals surface area contributed by atoms with Gasteiger partial charge in [-0.2, -0.15) is 0 Å². The van der Waals surface area contributed by atoms with Gasteiger partial charge in [-0.15, -0.1) is 0 Å². The normalized spacial score (nSPS) is 44.4. The third kappa shape index (κ3) is 2.19. The van der Waals surface area contributed by atoms with Crippen LogP contribution in [0.1, 0.15) is 64.4 Å². The molecule has 4 atom stereocenters. The van der Waals surface area contributed by atoms with Gasteiger partial charge in [0.25, 0.3) is 0 Å². The van der Waals surface area contributed by atoms with Gasteiger partial charge in [-0.3, -0.25) is 4.79 Å². The maximum atomic E-state index is 13.7. The molecule has 5 fully saturated rings. The minimum absolute atomic E-state index is 0.146. The molecule has 6 rings (SSSR count). The van der Waals surface area contributed by atoms with Crippen LogP contribution in [0.3, 0.4) is 0 Å². The van der Waals surface area contributed by atoms with Crippen molar-refractivity contribution in [3.8, 4) is 0 Å². The van der Waals surface area contributed by atoms with Crippen LogP contribution in [0.4, 0.5) is 0 Å². The minimum atomic E-state index is -0.166. The Morgan fingerprint density at radius 2 is 1.73 bits per heavy atom. The van der Waals surface area contributed by atoms with E-state index in [0.717, 1.165) is 38.8 Å². The fraction of sp³-hybridized carbons (Fsp3) is 0.696. The highest BCUT2D eigenvalue weighted by molar-refractivity contribution is 5.86. The van der Waals surface area contributed by atoms with Crippen molar-refractivity contribution in [2.75, 3.05) is 13.1 Å². The predicted molar refractivity (Wildman–Crippen MR) is 104 cm³/mol. The van der Waals surface area contributed by atoms with Gasteiger partial charge in [0, 0.05) is 6.04 Å². The summed E-state index contributed by atoms with van der Waals surface area (Å²) in [5.41, 5.74) is 1.96. The summed E-state index contributed by atoms with van der Waals surface area (Å²) >= 11 is 0. The van der Waals surface area contributed by atoms with Crippen LogP contribution in [0.2, 0.25) is 0 Å². The number of amides is 1. The average molecular weight is 353 g/mol. The molecule has 0 radical (unpaired) electrons. The molecule has 0 spiro atoms. The summed E-state index contributed by atoms with van der Waals surface area (Å²) in [6.07, 6.45) is 7.92. The first-order valence-electron chi connectivity index (χ1n) is 10.5. The lowest BCUT2D eigenvalue weighted by Gasteiger charge is -2.47. The topological polar surface area (TPSA) is 41.1 Å². The molecule has 3 heteroatoms. The molecule has 1 aromatic rings. The first-order valence-corrected chi connectivity index (χ1v) is 10.5. The SMILES string of the molecule is CC12CC3(c4ccccc4)CC(C)(C1)C(C(=O)NC1CCNCC1)(C2)C3. The summed E-state index contributed by atoms with van der Waals surface area (Å²) in [5.74, 6) is 0.369. The summed E-state index contributed by atoms with van der Waals surface area (Å²) in [6.45, 7) is 6.92. The molecule has 1 aliphatic heterocycles. The van der Waals surface area contributed by atoms with E-state index in [9.17, 15) is 4.79 Å². The van der Waals surface area contributed by atoms with Crippen molar-refractivity contribution in [1.82, 2.24) is 10.6 Å². The molecule has 5 aliphatic rings. The van der Waals surface area contributed by atoms with Crippen molar-refractivity contribution in [2.45, 2.75) is 70.3 Å². The third-order valence-corrected chi connectivity index (χ3v) is 8.33. The summed E-state index contributed by atoms with van der Waals surface area (Å²) < 4.78 is 0. The lowest BCUT2D eigenvalue weighted by molar-refractivity contribution is -0.137. The van der Waals surface area contributed by atoms with Crippen molar-refractivity contribution in [2.24, 2.45) is 16.2 Å². The number of nitrogens with one attached hydrogen (secondary N) is 2. The van der Waals surface area contributed by atoms with Gasteiger partial charge in [0.15, 0.2) is 0 Å². The third-order valence-electron chi connectivity index (χ3n) is 8.33. The molecule has 2 N–H and O–H groups in total. The Morgan fingerprint density at radius 3 is 2.46 bits per heavy atom. The first kappa shape index (κ1) is 16.8. The Kier molecular flexibility index (Phi) is 3.45. The Labute approximate surface area is 157 Å². The van der Waals surface area contributed by atoms with Crippen LogP contribution in [-0.2, 0) is 10.2 Å². The van der Waals surface area contributed by atoms with E-state index in [2.05, 4.69) is 54.8 Å². The second kappa shape index (κ2) is 5.34. The maximum Gasteiger partial charge on any atom is 0.227 e. The van der Waals surface area contributed by atoms with Crippen LogP contribution in [0, 0.1) is 16.2 Å². The fourth-order valence-electron chi connectivity index (χ4n) is 7.90. The van der Waals surface area contributed by atoms with Crippen LogP contribution in [0.15, 0.2) is 30.3 Å². The van der Waals surface area contributed by atoms with Crippen LogP contribution in [0.25, 0.3) is 0 Å². The molecule has 4 unspecified atom stereocenters. The Morgan fingerprint density at radius 1 is 1.00 bits per heavy atom. The Balaban J connectivity index is 1.50. The van der Waals surface area contributed by atoms with Crippen molar-refractivity contribution < 1.29 is 4.79 Å². The molecule has 1 amide bonds. The number of hydrogen-bond donors (Lipinski definition) is 2. The van der Waals surface area contributed by atoms with Gasteiger partial charge < -0.3 is 10.6 Å². The molecule has 4 saturated carbocycles. The summed E-state index contributed by atoms with van der Waals surface area (Å²) in [5, 5.41) is 6.90. The second-order valence-corrected chi connectivity index (χ2v) is 10.5. The van der Waals surface area contributed by atoms with Gasteiger partial charge in [0.1, 0.15) is 0 Å². The van der Waals surface area contributed by atoms with Gasteiger partial charge in [0.2, 0.25) is 5.91 Å². The zero-order valence-electron chi connectivity index (χ0n) is 16.2. The molecule has 140 valence electrons. The highest BCUT2D eigenvalue weighted by atomic mass is 16.2. The largest absolute Gasteiger partial charge is 0.353 e.